The number of anilines is 1. The molecule has 0 aliphatic heterocycles. The summed E-state index contributed by atoms with van der Waals surface area (Å²) < 4.78 is 0. The number of nitrogens with zero attached hydrogens (tertiary/aromatic N) is 1. The van der Waals surface area contributed by atoms with E-state index in [4.69, 9.17) is 5.26 Å². The first-order chi connectivity index (χ1) is 9.02. The van der Waals surface area contributed by atoms with Gasteiger partial charge in [-0.2, -0.15) is 5.26 Å². The number of hydrogen-bond acceptors (Lipinski definition) is 3. The zero-order valence-corrected chi connectivity index (χ0v) is 12.5. The molecule has 1 aromatic rings. The third-order valence-electron chi connectivity index (χ3n) is 2.69. The predicted molar refractivity (Wildman–Crippen MR) is 81.2 cm³/mol. The summed E-state index contributed by atoms with van der Waals surface area (Å²) in [5.74, 6) is 1.64. The number of benzene rings is 1. The maximum absolute atomic E-state index is 12.0. The largest absolute Gasteiger partial charge is 0.325 e. The highest BCUT2D eigenvalue weighted by molar-refractivity contribution is 8.00. The predicted octanol–water partition coefficient (Wildman–Crippen LogP) is 3.66. The lowest BCUT2D eigenvalue weighted by Gasteiger charge is -2.12. The van der Waals surface area contributed by atoms with Gasteiger partial charge < -0.3 is 5.32 Å². The van der Waals surface area contributed by atoms with Crippen LogP contribution in [0.4, 0.5) is 5.69 Å². The van der Waals surface area contributed by atoms with Crippen molar-refractivity contribution >= 4 is 23.4 Å². The fraction of sp³-hybridized carbons (Fsp3) is 0.467. The standard InChI is InChI=1S/C15H20N2OS/c1-11(2)7-8-19-12(3)15(18)17-14-6-4-5-13(9-14)10-16/h4-6,9,11-12H,7-8H2,1-3H3,(H,17,18). The number of thioether (sulfide) groups is 1. The summed E-state index contributed by atoms with van der Waals surface area (Å²) in [6.45, 7) is 6.27. The molecule has 3 nitrogen and oxygen atoms in total. The van der Waals surface area contributed by atoms with Crippen molar-refractivity contribution in [3.8, 4) is 6.07 Å². The molecule has 102 valence electrons. The highest BCUT2D eigenvalue weighted by atomic mass is 32.2. The second-order valence-electron chi connectivity index (χ2n) is 4.88. The van der Waals surface area contributed by atoms with Crippen LogP contribution in [-0.2, 0) is 4.79 Å². The van der Waals surface area contributed by atoms with Crippen LogP contribution in [0.25, 0.3) is 0 Å². The van der Waals surface area contributed by atoms with Crippen LogP contribution >= 0.6 is 11.8 Å². The highest BCUT2D eigenvalue weighted by Crippen LogP contribution is 2.17. The first-order valence-corrected chi connectivity index (χ1v) is 7.50. The number of nitrogens with one attached hydrogen (secondary N) is 1. The quantitative estimate of drug-likeness (QED) is 0.862. The monoisotopic (exact) mass is 276 g/mol. The third kappa shape index (κ3) is 5.80. The molecule has 0 spiro atoms. The van der Waals surface area contributed by atoms with Crippen LogP contribution in [0.1, 0.15) is 32.8 Å². The van der Waals surface area contributed by atoms with E-state index in [0.717, 1.165) is 12.2 Å². The number of rotatable bonds is 6. The van der Waals surface area contributed by atoms with Gasteiger partial charge in [-0.05, 0) is 43.2 Å². The van der Waals surface area contributed by atoms with Crippen molar-refractivity contribution in [3.05, 3.63) is 29.8 Å². The van der Waals surface area contributed by atoms with Crippen molar-refractivity contribution in [1.82, 2.24) is 0 Å². The number of carbonyl (C=O) groups is 1. The Morgan fingerprint density at radius 1 is 1.42 bits per heavy atom. The molecule has 0 aliphatic rings. The SMILES string of the molecule is CC(C)CCSC(C)C(=O)Nc1cccc(C#N)c1. The molecule has 0 saturated heterocycles. The van der Waals surface area contributed by atoms with Gasteiger partial charge in [0.1, 0.15) is 0 Å². The number of nitriles is 1. The smallest absolute Gasteiger partial charge is 0.237 e. The minimum Gasteiger partial charge on any atom is -0.325 e. The lowest BCUT2D eigenvalue weighted by molar-refractivity contribution is -0.115. The van der Waals surface area contributed by atoms with E-state index in [1.807, 2.05) is 6.92 Å². The summed E-state index contributed by atoms with van der Waals surface area (Å²) in [5.41, 5.74) is 1.23. The van der Waals surface area contributed by atoms with E-state index in [9.17, 15) is 4.79 Å². The first kappa shape index (κ1) is 15.6. The van der Waals surface area contributed by atoms with Crippen LogP contribution in [-0.4, -0.2) is 16.9 Å². The molecule has 0 aromatic heterocycles. The van der Waals surface area contributed by atoms with Crippen LogP contribution < -0.4 is 5.32 Å². The molecule has 4 heteroatoms. The minimum atomic E-state index is -0.0792. The molecular formula is C15H20N2OS. The molecule has 0 fully saturated rings. The Morgan fingerprint density at radius 3 is 2.79 bits per heavy atom. The Kier molecular flexibility index (Phi) is 6.44. The summed E-state index contributed by atoms with van der Waals surface area (Å²) in [6.07, 6.45) is 1.12. The first-order valence-electron chi connectivity index (χ1n) is 6.45. The molecule has 0 aliphatic carbocycles. The van der Waals surface area contributed by atoms with Crippen LogP contribution in [0.5, 0.6) is 0 Å². The number of carbonyl (C=O) groups excluding carboxylic acids is 1. The molecule has 1 rings (SSSR count). The summed E-state index contributed by atoms with van der Waals surface area (Å²) in [4.78, 5) is 12.0. The minimum absolute atomic E-state index is 0.0103. The average Bonchev–Trinajstić information content (AvgIpc) is 2.38. The van der Waals surface area contributed by atoms with Crippen molar-refractivity contribution in [2.24, 2.45) is 5.92 Å². The van der Waals surface area contributed by atoms with Gasteiger partial charge in [-0.3, -0.25) is 4.79 Å². The van der Waals surface area contributed by atoms with Crippen molar-refractivity contribution in [2.45, 2.75) is 32.4 Å². The van der Waals surface area contributed by atoms with Crippen LogP contribution in [0, 0.1) is 17.2 Å². The molecule has 1 N–H and O–H groups in total. The second-order valence-corrected chi connectivity index (χ2v) is 6.33. The highest BCUT2D eigenvalue weighted by Gasteiger charge is 2.13. The summed E-state index contributed by atoms with van der Waals surface area (Å²) in [6, 6.07) is 9.03. The van der Waals surface area contributed by atoms with Crippen LogP contribution in [0.2, 0.25) is 0 Å². The van der Waals surface area contributed by atoms with Crippen molar-refractivity contribution in [2.75, 3.05) is 11.1 Å². The van der Waals surface area contributed by atoms with E-state index < -0.39 is 0 Å². The van der Waals surface area contributed by atoms with Crippen molar-refractivity contribution in [1.29, 1.82) is 5.26 Å². The van der Waals surface area contributed by atoms with E-state index in [1.165, 1.54) is 0 Å². The number of hydrogen-bond donors (Lipinski definition) is 1. The summed E-state index contributed by atoms with van der Waals surface area (Å²) in [7, 11) is 0. The molecule has 1 atom stereocenters. The van der Waals surface area contributed by atoms with Gasteiger partial charge in [-0.1, -0.05) is 19.9 Å². The zero-order valence-electron chi connectivity index (χ0n) is 11.6. The van der Waals surface area contributed by atoms with Gasteiger partial charge in [-0.15, -0.1) is 11.8 Å². The normalized spacial score (nSPS) is 11.9. The molecular weight excluding hydrogens is 256 g/mol. The maximum atomic E-state index is 12.0. The average molecular weight is 276 g/mol. The Bertz CT molecular complexity index is 465. The molecule has 0 heterocycles. The fourth-order valence-electron chi connectivity index (χ4n) is 1.47. The topological polar surface area (TPSA) is 52.9 Å². The molecule has 1 amide bonds. The Balaban J connectivity index is 2.47. The van der Waals surface area contributed by atoms with E-state index in [-0.39, 0.29) is 11.2 Å². The Hall–Kier alpha value is -1.47. The molecule has 1 unspecified atom stereocenters. The van der Waals surface area contributed by atoms with E-state index in [1.54, 1.807) is 36.0 Å². The maximum Gasteiger partial charge on any atom is 0.237 e. The lowest BCUT2D eigenvalue weighted by Crippen LogP contribution is -2.22. The Morgan fingerprint density at radius 2 is 2.16 bits per heavy atom. The molecule has 19 heavy (non-hydrogen) atoms. The van der Waals surface area contributed by atoms with Gasteiger partial charge >= 0.3 is 0 Å². The van der Waals surface area contributed by atoms with Gasteiger partial charge in [0.05, 0.1) is 16.9 Å². The van der Waals surface area contributed by atoms with Gasteiger partial charge in [0, 0.05) is 5.69 Å². The molecule has 0 saturated carbocycles. The lowest BCUT2D eigenvalue weighted by atomic mass is 10.2. The van der Waals surface area contributed by atoms with Gasteiger partial charge in [-0.25, -0.2) is 0 Å². The van der Waals surface area contributed by atoms with Crippen LogP contribution in [0.3, 0.4) is 0 Å². The zero-order chi connectivity index (χ0) is 14.3. The Labute approximate surface area is 119 Å². The van der Waals surface area contributed by atoms with Gasteiger partial charge in [0.15, 0.2) is 0 Å². The molecule has 0 radical (unpaired) electrons. The third-order valence-corrected chi connectivity index (χ3v) is 3.88. The van der Waals surface area contributed by atoms with E-state index >= 15 is 0 Å². The number of amides is 1. The van der Waals surface area contributed by atoms with Gasteiger partial charge in [0.2, 0.25) is 5.91 Å². The second kappa shape index (κ2) is 7.85. The summed E-state index contributed by atoms with van der Waals surface area (Å²) >= 11 is 1.66. The summed E-state index contributed by atoms with van der Waals surface area (Å²) in [5, 5.41) is 11.6. The van der Waals surface area contributed by atoms with E-state index in [2.05, 4.69) is 25.2 Å². The molecule has 0 bridgehead atoms. The van der Waals surface area contributed by atoms with Crippen molar-refractivity contribution < 1.29 is 4.79 Å². The van der Waals surface area contributed by atoms with Crippen molar-refractivity contribution in [3.63, 3.8) is 0 Å². The van der Waals surface area contributed by atoms with Gasteiger partial charge in [0.25, 0.3) is 0 Å². The molecule has 1 aromatic carbocycles. The fourth-order valence-corrected chi connectivity index (χ4v) is 2.64. The van der Waals surface area contributed by atoms with Crippen LogP contribution in [0.15, 0.2) is 24.3 Å². The van der Waals surface area contributed by atoms with E-state index in [0.29, 0.717) is 17.2 Å².